The van der Waals surface area contributed by atoms with Gasteiger partial charge in [0.25, 0.3) is 0 Å². The number of piperazine rings is 1. The van der Waals surface area contributed by atoms with Gasteiger partial charge in [0.15, 0.2) is 16.9 Å². The quantitative estimate of drug-likeness (QED) is 0.628. The summed E-state index contributed by atoms with van der Waals surface area (Å²) >= 11 is 6.20. The third kappa shape index (κ3) is 3.43. The Hall–Kier alpha value is -2.99. The fourth-order valence-corrected chi connectivity index (χ4v) is 3.63. The number of halogens is 1. The first-order valence-electron chi connectivity index (χ1n) is 8.97. The summed E-state index contributed by atoms with van der Waals surface area (Å²) in [6, 6.07) is 14.1. The molecular weight excluding hydrogens is 380 g/mol. The summed E-state index contributed by atoms with van der Waals surface area (Å²) in [6.07, 6.45) is 0. The van der Waals surface area contributed by atoms with E-state index in [2.05, 4.69) is 4.90 Å². The predicted molar refractivity (Wildman–Crippen MR) is 110 cm³/mol. The minimum Gasteiger partial charge on any atom is -0.465 e. The molecule has 1 saturated heterocycles. The van der Waals surface area contributed by atoms with Crippen LogP contribution in [0.2, 0.25) is 5.02 Å². The molecule has 2 heterocycles. The van der Waals surface area contributed by atoms with E-state index in [1.54, 1.807) is 24.3 Å². The Morgan fingerprint density at radius 3 is 2.50 bits per heavy atom. The van der Waals surface area contributed by atoms with Crippen molar-refractivity contribution in [1.29, 1.82) is 0 Å². The van der Waals surface area contributed by atoms with Crippen LogP contribution in [0.1, 0.15) is 10.4 Å². The van der Waals surface area contributed by atoms with Gasteiger partial charge in [-0.15, -0.1) is 0 Å². The molecule has 1 aromatic heterocycles. The van der Waals surface area contributed by atoms with Gasteiger partial charge in [0.2, 0.25) is 0 Å². The summed E-state index contributed by atoms with van der Waals surface area (Å²) in [5.41, 5.74) is 1.80. The van der Waals surface area contributed by atoms with Gasteiger partial charge >= 0.3 is 5.97 Å². The van der Waals surface area contributed by atoms with Crippen LogP contribution < -0.4 is 15.2 Å². The number of carbonyl (C=O) groups is 1. The van der Waals surface area contributed by atoms with E-state index in [0.29, 0.717) is 40.5 Å². The molecule has 0 bridgehead atoms. The number of methoxy groups -OCH3 is 1. The highest BCUT2D eigenvalue weighted by Gasteiger charge is 2.21. The van der Waals surface area contributed by atoms with Crippen molar-refractivity contribution in [3.63, 3.8) is 0 Å². The number of anilines is 2. The van der Waals surface area contributed by atoms with Crippen LogP contribution in [0.25, 0.3) is 11.0 Å². The van der Waals surface area contributed by atoms with Gasteiger partial charge in [-0.1, -0.05) is 23.7 Å². The number of ether oxygens (including phenoxy) is 1. The first-order valence-corrected chi connectivity index (χ1v) is 9.35. The number of nitrogens with zero attached hydrogens (tertiary/aromatic N) is 2. The molecule has 0 amide bonds. The molecule has 0 N–H and O–H groups in total. The van der Waals surface area contributed by atoms with E-state index in [1.807, 2.05) is 23.1 Å². The second kappa shape index (κ2) is 7.56. The van der Waals surface area contributed by atoms with Crippen LogP contribution in [0.4, 0.5) is 11.6 Å². The topological polar surface area (TPSA) is 63.0 Å². The average Bonchev–Trinajstić information content (AvgIpc) is 2.74. The number of para-hydroxylation sites is 1. The zero-order chi connectivity index (χ0) is 19.7. The van der Waals surface area contributed by atoms with E-state index < -0.39 is 0 Å². The second-order valence-corrected chi connectivity index (χ2v) is 6.99. The van der Waals surface area contributed by atoms with Crippen LogP contribution in [0.15, 0.2) is 57.7 Å². The molecular formula is C21H19ClN2O4. The summed E-state index contributed by atoms with van der Waals surface area (Å²) in [5, 5.41) is 0.907. The number of benzene rings is 2. The van der Waals surface area contributed by atoms with Crippen LogP contribution in [0, 0.1) is 0 Å². The summed E-state index contributed by atoms with van der Waals surface area (Å²) < 4.78 is 10.7. The van der Waals surface area contributed by atoms with Gasteiger partial charge in [0.05, 0.1) is 23.1 Å². The molecule has 0 saturated carbocycles. The Labute approximate surface area is 166 Å². The van der Waals surface area contributed by atoms with Gasteiger partial charge in [0.1, 0.15) is 0 Å². The lowest BCUT2D eigenvalue weighted by atomic mass is 10.1. The molecule has 2 aromatic carbocycles. The molecule has 1 aliphatic heterocycles. The number of rotatable bonds is 3. The normalized spacial score (nSPS) is 14.4. The maximum Gasteiger partial charge on any atom is 0.337 e. The van der Waals surface area contributed by atoms with Gasteiger partial charge in [-0.3, -0.25) is 4.79 Å². The third-order valence-corrected chi connectivity index (χ3v) is 5.22. The second-order valence-electron chi connectivity index (χ2n) is 6.58. The molecule has 144 valence electrons. The summed E-state index contributed by atoms with van der Waals surface area (Å²) in [4.78, 5) is 28.4. The van der Waals surface area contributed by atoms with E-state index in [4.69, 9.17) is 20.8 Å². The number of hydrogen-bond acceptors (Lipinski definition) is 6. The Morgan fingerprint density at radius 2 is 1.75 bits per heavy atom. The minimum atomic E-state index is -0.352. The largest absolute Gasteiger partial charge is 0.465 e. The smallest absolute Gasteiger partial charge is 0.337 e. The van der Waals surface area contributed by atoms with Crippen LogP contribution >= 0.6 is 11.6 Å². The van der Waals surface area contributed by atoms with Crippen LogP contribution in [0.5, 0.6) is 0 Å². The zero-order valence-electron chi connectivity index (χ0n) is 15.4. The molecule has 6 nitrogen and oxygen atoms in total. The third-order valence-electron chi connectivity index (χ3n) is 4.92. The summed E-state index contributed by atoms with van der Waals surface area (Å²) in [5.74, 6) is 0.170. The van der Waals surface area contributed by atoms with Crippen molar-refractivity contribution in [2.45, 2.75) is 0 Å². The summed E-state index contributed by atoms with van der Waals surface area (Å²) in [6.45, 7) is 2.83. The van der Waals surface area contributed by atoms with Gasteiger partial charge < -0.3 is 19.0 Å². The zero-order valence-corrected chi connectivity index (χ0v) is 16.1. The molecule has 1 aliphatic rings. The van der Waals surface area contributed by atoms with E-state index in [9.17, 15) is 9.59 Å². The molecule has 1 fully saturated rings. The van der Waals surface area contributed by atoms with E-state index >= 15 is 0 Å². The van der Waals surface area contributed by atoms with Crippen molar-refractivity contribution in [2.24, 2.45) is 0 Å². The van der Waals surface area contributed by atoms with Crippen molar-refractivity contribution in [1.82, 2.24) is 0 Å². The van der Waals surface area contributed by atoms with Crippen molar-refractivity contribution in [3.05, 3.63) is 69.3 Å². The Morgan fingerprint density at radius 1 is 1.04 bits per heavy atom. The standard InChI is InChI=1S/C21H19ClN2O4/c1-27-21(26)14-4-2-5-15(12-14)23-8-10-24(11-9-23)19-13-18(25)16-6-3-7-17(22)20(16)28-19/h2-7,12-13H,8-11H2,1H3. The van der Waals surface area contributed by atoms with Crippen LogP contribution in [-0.2, 0) is 4.74 Å². The average molecular weight is 399 g/mol. The van der Waals surface area contributed by atoms with E-state index in [1.165, 1.54) is 13.2 Å². The number of carbonyl (C=O) groups excluding carboxylic acids is 1. The molecule has 0 radical (unpaired) electrons. The molecule has 3 aromatic rings. The molecule has 0 atom stereocenters. The first-order chi connectivity index (χ1) is 13.6. The molecule has 28 heavy (non-hydrogen) atoms. The Kier molecular flexibility index (Phi) is 4.96. The molecule has 0 unspecified atom stereocenters. The van der Waals surface area contributed by atoms with Crippen molar-refractivity contribution < 1.29 is 13.9 Å². The Balaban J connectivity index is 1.53. The van der Waals surface area contributed by atoms with Crippen LogP contribution in [-0.4, -0.2) is 39.3 Å². The number of hydrogen-bond donors (Lipinski definition) is 0. The first kappa shape index (κ1) is 18.4. The van der Waals surface area contributed by atoms with Gasteiger partial charge in [-0.25, -0.2) is 4.79 Å². The maximum atomic E-state index is 12.4. The Bertz CT molecular complexity index is 1090. The number of esters is 1. The molecule has 4 rings (SSSR count). The van der Waals surface area contributed by atoms with Crippen molar-refractivity contribution >= 4 is 40.1 Å². The highest BCUT2D eigenvalue weighted by molar-refractivity contribution is 6.34. The predicted octanol–water partition coefficient (Wildman–Crippen LogP) is 3.56. The van der Waals surface area contributed by atoms with E-state index in [0.717, 1.165) is 18.8 Å². The summed E-state index contributed by atoms with van der Waals surface area (Å²) in [7, 11) is 1.37. The molecule has 0 spiro atoms. The fraction of sp³-hybridized carbons (Fsp3) is 0.238. The lowest BCUT2D eigenvalue weighted by Gasteiger charge is -2.36. The molecule has 0 aliphatic carbocycles. The van der Waals surface area contributed by atoms with Gasteiger partial charge in [-0.2, -0.15) is 0 Å². The monoisotopic (exact) mass is 398 g/mol. The lowest BCUT2D eigenvalue weighted by Crippen LogP contribution is -2.46. The highest BCUT2D eigenvalue weighted by atomic mass is 35.5. The SMILES string of the molecule is COC(=O)c1cccc(N2CCN(c3cc(=O)c4cccc(Cl)c4o3)CC2)c1. The fourth-order valence-electron chi connectivity index (χ4n) is 3.42. The van der Waals surface area contributed by atoms with Crippen LogP contribution in [0.3, 0.4) is 0 Å². The lowest BCUT2D eigenvalue weighted by molar-refractivity contribution is 0.0601. The highest BCUT2D eigenvalue weighted by Crippen LogP contribution is 2.27. The minimum absolute atomic E-state index is 0.105. The van der Waals surface area contributed by atoms with Gasteiger partial charge in [-0.05, 0) is 30.3 Å². The maximum absolute atomic E-state index is 12.4. The van der Waals surface area contributed by atoms with Crippen molar-refractivity contribution in [2.75, 3.05) is 43.1 Å². The van der Waals surface area contributed by atoms with Gasteiger partial charge in [0, 0.05) is 37.9 Å². The molecule has 7 heteroatoms. The number of fused-ring (bicyclic) bond motifs is 1. The van der Waals surface area contributed by atoms with Crippen molar-refractivity contribution in [3.8, 4) is 0 Å². The van der Waals surface area contributed by atoms with E-state index in [-0.39, 0.29) is 11.4 Å².